The van der Waals surface area contributed by atoms with E-state index in [9.17, 15) is 16.8 Å². The van der Waals surface area contributed by atoms with Crippen LogP contribution in [0.5, 0.6) is 0 Å². The summed E-state index contributed by atoms with van der Waals surface area (Å²) >= 11 is 0. The first-order valence-corrected chi connectivity index (χ1v) is 12.1. The Hall–Kier alpha value is -0.920. The van der Waals surface area contributed by atoms with Gasteiger partial charge >= 0.3 is 0 Å². The zero-order chi connectivity index (χ0) is 18.9. The zero-order valence-electron chi connectivity index (χ0n) is 15.4. The summed E-state index contributed by atoms with van der Waals surface area (Å²) in [7, 11) is -7.05. The number of hydrogen-bond donors (Lipinski definition) is 1. The van der Waals surface area contributed by atoms with E-state index in [1.807, 2.05) is 19.1 Å². The van der Waals surface area contributed by atoms with Crippen molar-refractivity contribution in [2.45, 2.75) is 62.1 Å². The summed E-state index contributed by atoms with van der Waals surface area (Å²) in [6.45, 7) is 8.86. The third-order valence-corrected chi connectivity index (χ3v) is 8.85. The van der Waals surface area contributed by atoms with E-state index in [4.69, 9.17) is 0 Å². The molecule has 1 aromatic carbocycles. The lowest BCUT2D eigenvalue weighted by Crippen LogP contribution is -2.43. The van der Waals surface area contributed by atoms with Crippen LogP contribution >= 0.6 is 0 Å². The van der Waals surface area contributed by atoms with Gasteiger partial charge in [-0.15, -0.1) is 0 Å². The van der Waals surface area contributed by atoms with Crippen molar-refractivity contribution in [3.8, 4) is 0 Å². The lowest BCUT2D eigenvalue weighted by atomic mass is 9.87. The average Bonchev–Trinajstić information content (AvgIpc) is 2.82. The van der Waals surface area contributed by atoms with Crippen LogP contribution in [0.2, 0.25) is 0 Å². The smallest absolute Gasteiger partial charge is 0.183 e. The first-order valence-electron chi connectivity index (χ1n) is 8.75. The highest BCUT2D eigenvalue weighted by molar-refractivity contribution is 7.96. The van der Waals surface area contributed by atoms with Gasteiger partial charge in [0.1, 0.15) is 0 Å². The Morgan fingerprint density at radius 1 is 1.12 bits per heavy atom. The molecule has 1 heterocycles. The molecule has 1 aliphatic rings. The van der Waals surface area contributed by atoms with Crippen LogP contribution in [0.4, 0.5) is 0 Å². The van der Waals surface area contributed by atoms with Gasteiger partial charge in [0.05, 0.1) is 21.7 Å². The Bertz CT molecular complexity index is 790. The largest absolute Gasteiger partial charge is 0.312 e. The quantitative estimate of drug-likeness (QED) is 0.758. The predicted octanol–water partition coefficient (Wildman–Crippen LogP) is 2.31. The Morgan fingerprint density at radius 2 is 1.72 bits per heavy atom. The lowest BCUT2D eigenvalue weighted by Gasteiger charge is -2.22. The molecule has 0 spiro atoms. The fourth-order valence-corrected chi connectivity index (χ4v) is 7.81. The van der Waals surface area contributed by atoms with E-state index >= 15 is 0 Å². The van der Waals surface area contributed by atoms with Crippen LogP contribution in [0.3, 0.4) is 0 Å². The second-order valence-corrected chi connectivity index (χ2v) is 12.2. The van der Waals surface area contributed by atoms with Crippen molar-refractivity contribution in [2.75, 3.05) is 18.1 Å². The van der Waals surface area contributed by atoms with Gasteiger partial charge in [0, 0.05) is 6.04 Å². The van der Waals surface area contributed by atoms with Crippen molar-refractivity contribution in [3.05, 3.63) is 29.8 Å². The van der Waals surface area contributed by atoms with Crippen LogP contribution in [0.1, 0.15) is 46.1 Å². The molecule has 1 saturated heterocycles. The highest BCUT2D eigenvalue weighted by Gasteiger charge is 2.45. The van der Waals surface area contributed by atoms with Crippen LogP contribution in [0.25, 0.3) is 0 Å². The molecular weight excluding hydrogens is 358 g/mol. The van der Waals surface area contributed by atoms with Crippen LogP contribution in [-0.4, -0.2) is 46.2 Å². The van der Waals surface area contributed by atoms with Gasteiger partial charge in [0.2, 0.25) is 0 Å². The van der Waals surface area contributed by atoms with Crippen molar-refractivity contribution in [3.63, 3.8) is 0 Å². The van der Waals surface area contributed by atoms with Gasteiger partial charge in [0.25, 0.3) is 0 Å². The third-order valence-electron chi connectivity index (χ3n) is 4.68. The minimum Gasteiger partial charge on any atom is -0.312 e. The molecule has 0 unspecified atom stereocenters. The molecule has 2 rings (SSSR count). The SMILES string of the molecule is CCCCN[C@H]1CS(=O)(=O)C[C@@H]1S(=O)(=O)c1ccc(C(C)(C)C)cc1. The van der Waals surface area contributed by atoms with Gasteiger partial charge in [-0.1, -0.05) is 46.2 Å². The number of rotatable bonds is 6. The van der Waals surface area contributed by atoms with Crippen LogP contribution in [-0.2, 0) is 25.1 Å². The molecule has 0 saturated carbocycles. The van der Waals surface area contributed by atoms with Crippen molar-refractivity contribution < 1.29 is 16.8 Å². The minimum atomic E-state index is -3.70. The maximum atomic E-state index is 13.0. The lowest BCUT2D eigenvalue weighted by molar-refractivity contribution is 0.518. The molecule has 0 aromatic heterocycles. The number of hydrogen-bond acceptors (Lipinski definition) is 5. The van der Waals surface area contributed by atoms with E-state index in [1.165, 1.54) is 0 Å². The van der Waals surface area contributed by atoms with Gasteiger partial charge in [-0.2, -0.15) is 0 Å². The summed E-state index contributed by atoms with van der Waals surface area (Å²) < 4.78 is 50.1. The molecule has 5 nitrogen and oxygen atoms in total. The summed E-state index contributed by atoms with van der Waals surface area (Å²) in [6.07, 6.45) is 1.86. The molecule has 0 amide bonds. The fourth-order valence-electron chi connectivity index (χ4n) is 3.10. The fraction of sp³-hybridized carbons (Fsp3) is 0.667. The van der Waals surface area contributed by atoms with Crippen LogP contribution in [0, 0.1) is 0 Å². The van der Waals surface area contributed by atoms with E-state index in [0.29, 0.717) is 6.54 Å². The van der Waals surface area contributed by atoms with Crippen molar-refractivity contribution in [2.24, 2.45) is 0 Å². The molecule has 7 heteroatoms. The third kappa shape index (κ3) is 4.83. The van der Waals surface area contributed by atoms with E-state index in [1.54, 1.807) is 12.1 Å². The molecule has 0 radical (unpaired) electrons. The second kappa shape index (κ2) is 7.37. The Labute approximate surface area is 152 Å². The summed E-state index contributed by atoms with van der Waals surface area (Å²) in [6, 6.07) is 6.29. The highest BCUT2D eigenvalue weighted by Crippen LogP contribution is 2.28. The monoisotopic (exact) mass is 387 g/mol. The molecule has 25 heavy (non-hydrogen) atoms. The second-order valence-electron chi connectivity index (χ2n) is 7.85. The van der Waals surface area contributed by atoms with Crippen molar-refractivity contribution >= 4 is 19.7 Å². The minimum absolute atomic E-state index is 0.0662. The summed E-state index contributed by atoms with van der Waals surface area (Å²) in [5, 5.41) is 2.22. The average molecular weight is 388 g/mol. The maximum Gasteiger partial charge on any atom is 0.183 e. The first-order chi connectivity index (χ1) is 11.5. The topological polar surface area (TPSA) is 80.3 Å². The van der Waals surface area contributed by atoms with Crippen LogP contribution in [0.15, 0.2) is 29.2 Å². The van der Waals surface area contributed by atoms with Crippen LogP contribution < -0.4 is 5.32 Å². The molecular formula is C18H29NO4S2. The van der Waals surface area contributed by atoms with Crippen molar-refractivity contribution in [1.29, 1.82) is 0 Å². The molecule has 1 aromatic rings. The molecule has 0 bridgehead atoms. The molecule has 1 fully saturated rings. The number of unbranched alkanes of at least 4 members (excludes halogenated alkanes) is 1. The maximum absolute atomic E-state index is 13.0. The highest BCUT2D eigenvalue weighted by atomic mass is 32.2. The number of sulfone groups is 2. The standard InChI is InChI=1S/C18H29NO4S2/c1-5-6-11-19-16-12-24(20,21)13-17(16)25(22,23)15-9-7-14(8-10-15)18(2,3)4/h7-10,16-17,19H,5-6,11-13H2,1-4H3/t16-,17-/m0/s1. The summed E-state index contributed by atoms with van der Waals surface area (Å²) in [5.74, 6) is -0.416. The van der Waals surface area contributed by atoms with Gasteiger partial charge in [-0.25, -0.2) is 16.8 Å². The first kappa shape index (κ1) is 20.4. The van der Waals surface area contributed by atoms with Gasteiger partial charge in [0.15, 0.2) is 19.7 Å². The van der Waals surface area contributed by atoms with E-state index < -0.39 is 31.0 Å². The van der Waals surface area contributed by atoms with Gasteiger partial charge in [-0.05, 0) is 36.1 Å². The summed E-state index contributed by atoms with van der Waals surface area (Å²) in [5.41, 5.74) is 0.978. The van der Waals surface area contributed by atoms with Gasteiger partial charge in [-0.3, -0.25) is 0 Å². The van der Waals surface area contributed by atoms with E-state index in [-0.39, 0.29) is 21.8 Å². The van der Waals surface area contributed by atoms with E-state index in [2.05, 4.69) is 26.1 Å². The molecule has 1 N–H and O–H groups in total. The molecule has 0 aliphatic carbocycles. The van der Waals surface area contributed by atoms with Gasteiger partial charge < -0.3 is 5.32 Å². The Kier molecular flexibility index (Phi) is 6.01. The molecule has 2 atom stereocenters. The summed E-state index contributed by atoms with van der Waals surface area (Å²) in [4.78, 5) is 0.199. The number of nitrogens with one attached hydrogen (secondary N) is 1. The molecule has 1 aliphatic heterocycles. The normalized spacial score (nSPS) is 23.7. The van der Waals surface area contributed by atoms with Crippen molar-refractivity contribution in [1.82, 2.24) is 5.32 Å². The molecule has 142 valence electrons. The Morgan fingerprint density at radius 3 is 2.24 bits per heavy atom. The number of benzene rings is 1. The van der Waals surface area contributed by atoms with E-state index in [0.717, 1.165) is 18.4 Å². The zero-order valence-corrected chi connectivity index (χ0v) is 17.1. The Balaban J connectivity index is 2.29. The predicted molar refractivity (Wildman–Crippen MR) is 101 cm³/mol.